The molecule has 0 unspecified atom stereocenters. The smallest absolute Gasteiger partial charge is 0.274 e. The fourth-order valence-electron chi connectivity index (χ4n) is 2.04. The molecule has 2 heterocycles. The largest absolute Gasteiger partial charge is 0.389 e. The van der Waals surface area contributed by atoms with Crippen LogP contribution in [0.2, 0.25) is 0 Å². The molecule has 0 aliphatic carbocycles. The Labute approximate surface area is 101 Å². The Bertz CT molecular complexity index is 439. The number of aliphatic hydroxyl groups is 1. The molecule has 1 saturated heterocycles. The third-order valence-corrected chi connectivity index (χ3v) is 2.89. The summed E-state index contributed by atoms with van der Waals surface area (Å²) in [7, 11) is 0. The van der Waals surface area contributed by atoms with Gasteiger partial charge in [0.25, 0.3) is 5.91 Å². The first kappa shape index (κ1) is 12.1. The van der Waals surface area contributed by atoms with E-state index in [4.69, 9.17) is 0 Å². The van der Waals surface area contributed by atoms with Crippen LogP contribution in [0.25, 0.3) is 0 Å². The zero-order chi connectivity index (χ0) is 12.8. The van der Waals surface area contributed by atoms with Crippen LogP contribution >= 0.6 is 0 Å². The third-order valence-electron chi connectivity index (χ3n) is 2.89. The number of hydrogen-bond acceptors (Lipinski definition) is 3. The van der Waals surface area contributed by atoms with Gasteiger partial charge < -0.3 is 10.0 Å². The van der Waals surface area contributed by atoms with Gasteiger partial charge >= 0.3 is 0 Å². The quantitative estimate of drug-likeness (QED) is 0.784. The van der Waals surface area contributed by atoms with E-state index in [1.54, 1.807) is 11.0 Å². The highest BCUT2D eigenvalue weighted by atomic mass is 16.3. The Balaban J connectivity index is 2.20. The fraction of sp³-hybridized carbons (Fsp3) is 0.667. The zero-order valence-electron chi connectivity index (χ0n) is 10.8. The molecule has 0 aromatic carbocycles. The Morgan fingerprint density at radius 2 is 2.06 bits per heavy atom. The van der Waals surface area contributed by atoms with E-state index in [-0.39, 0.29) is 17.6 Å². The number of aromatic nitrogens is 2. The van der Waals surface area contributed by atoms with Crippen molar-refractivity contribution in [2.45, 2.75) is 39.3 Å². The summed E-state index contributed by atoms with van der Waals surface area (Å²) in [5.74, 6) is -0.0959. The normalized spacial score (nSPS) is 17.1. The maximum atomic E-state index is 12.0. The van der Waals surface area contributed by atoms with E-state index in [0.717, 1.165) is 5.69 Å². The van der Waals surface area contributed by atoms with E-state index in [1.807, 2.05) is 11.6 Å². The van der Waals surface area contributed by atoms with Crippen molar-refractivity contribution in [3.8, 4) is 0 Å². The summed E-state index contributed by atoms with van der Waals surface area (Å²) in [4.78, 5) is 13.6. The van der Waals surface area contributed by atoms with Crippen LogP contribution in [0.1, 0.15) is 37.0 Å². The maximum absolute atomic E-state index is 12.0. The molecule has 1 amide bonds. The summed E-state index contributed by atoms with van der Waals surface area (Å²) in [5.41, 5.74) is 1.31. The average molecular weight is 237 g/mol. The van der Waals surface area contributed by atoms with Crippen LogP contribution < -0.4 is 0 Å². The molecule has 1 aromatic heterocycles. The van der Waals surface area contributed by atoms with E-state index in [2.05, 4.69) is 25.9 Å². The monoisotopic (exact) mass is 237 g/mol. The summed E-state index contributed by atoms with van der Waals surface area (Å²) in [6, 6.07) is 1.80. The molecule has 94 valence electrons. The standard InChI is InChI=1S/C12H19N3O2/c1-8-5-10(13-15(8)12(2,3)4)11(17)14-6-9(16)7-14/h5,9,16H,6-7H2,1-4H3. The summed E-state index contributed by atoms with van der Waals surface area (Å²) in [6.07, 6.45) is -0.371. The van der Waals surface area contributed by atoms with Crippen LogP contribution in [0, 0.1) is 6.92 Å². The van der Waals surface area contributed by atoms with Gasteiger partial charge in [-0.2, -0.15) is 5.10 Å². The molecule has 5 heteroatoms. The van der Waals surface area contributed by atoms with Gasteiger partial charge in [0.05, 0.1) is 11.6 Å². The SMILES string of the molecule is Cc1cc(C(=O)N2CC(O)C2)nn1C(C)(C)C. The second kappa shape index (κ2) is 3.84. The number of carbonyl (C=O) groups excluding carboxylic acids is 1. The molecule has 1 aromatic rings. The van der Waals surface area contributed by atoms with Crippen LogP contribution in [0.3, 0.4) is 0 Å². The van der Waals surface area contributed by atoms with Crippen LogP contribution in [-0.4, -0.2) is 44.9 Å². The first-order valence-electron chi connectivity index (χ1n) is 5.83. The number of hydrogen-bond donors (Lipinski definition) is 1. The molecular weight excluding hydrogens is 218 g/mol. The molecule has 2 rings (SSSR count). The van der Waals surface area contributed by atoms with Crippen molar-refractivity contribution < 1.29 is 9.90 Å². The first-order valence-corrected chi connectivity index (χ1v) is 5.83. The predicted molar refractivity (Wildman–Crippen MR) is 63.9 cm³/mol. The minimum Gasteiger partial charge on any atom is -0.389 e. The molecule has 5 nitrogen and oxygen atoms in total. The van der Waals surface area contributed by atoms with Gasteiger partial charge in [-0.25, -0.2) is 0 Å². The summed E-state index contributed by atoms with van der Waals surface area (Å²) in [6.45, 7) is 8.93. The minimum atomic E-state index is -0.371. The van der Waals surface area contributed by atoms with Crippen molar-refractivity contribution in [2.75, 3.05) is 13.1 Å². The second-order valence-electron chi connectivity index (χ2n) is 5.62. The highest BCUT2D eigenvalue weighted by Gasteiger charge is 2.31. The lowest BCUT2D eigenvalue weighted by molar-refractivity contribution is 0.00541. The first-order chi connectivity index (χ1) is 7.79. The Hall–Kier alpha value is -1.36. The number of likely N-dealkylation sites (tertiary alicyclic amines) is 1. The number of nitrogens with zero attached hydrogens (tertiary/aromatic N) is 3. The summed E-state index contributed by atoms with van der Waals surface area (Å²) < 4.78 is 1.86. The van der Waals surface area contributed by atoms with Gasteiger partial charge in [-0.15, -0.1) is 0 Å². The third kappa shape index (κ3) is 2.20. The molecular formula is C12H19N3O2. The topological polar surface area (TPSA) is 58.4 Å². The van der Waals surface area contributed by atoms with Crippen LogP contribution in [0.5, 0.6) is 0 Å². The number of rotatable bonds is 1. The number of β-amino-alcohol motifs (C(OH)–C–C–N with tert-alkyl or cyclic N) is 1. The van der Waals surface area contributed by atoms with Gasteiger partial charge in [-0.05, 0) is 33.8 Å². The number of aryl methyl sites for hydroxylation is 1. The van der Waals surface area contributed by atoms with Gasteiger partial charge in [0.1, 0.15) is 0 Å². The Morgan fingerprint density at radius 3 is 2.47 bits per heavy atom. The van der Waals surface area contributed by atoms with Gasteiger partial charge in [0.2, 0.25) is 0 Å². The molecule has 0 bridgehead atoms. The fourth-order valence-corrected chi connectivity index (χ4v) is 2.04. The van der Waals surface area contributed by atoms with Gasteiger partial charge in [-0.3, -0.25) is 9.48 Å². The summed E-state index contributed by atoms with van der Waals surface area (Å²) >= 11 is 0. The second-order valence-corrected chi connectivity index (χ2v) is 5.62. The van der Waals surface area contributed by atoms with Gasteiger partial charge in [-0.1, -0.05) is 0 Å². The van der Waals surface area contributed by atoms with Crippen molar-refractivity contribution in [3.63, 3.8) is 0 Å². The lowest BCUT2D eigenvalue weighted by Crippen LogP contribution is -2.53. The van der Waals surface area contributed by atoms with Crippen LogP contribution in [0.15, 0.2) is 6.07 Å². The number of carbonyl (C=O) groups is 1. The molecule has 0 radical (unpaired) electrons. The van der Waals surface area contributed by atoms with E-state index >= 15 is 0 Å². The molecule has 0 saturated carbocycles. The molecule has 1 aliphatic rings. The van der Waals surface area contributed by atoms with Gasteiger partial charge in [0, 0.05) is 18.8 Å². The van der Waals surface area contributed by atoms with E-state index < -0.39 is 0 Å². The van der Waals surface area contributed by atoms with Crippen molar-refractivity contribution in [1.82, 2.24) is 14.7 Å². The maximum Gasteiger partial charge on any atom is 0.274 e. The van der Waals surface area contributed by atoms with Crippen LogP contribution in [0.4, 0.5) is 0 Å². The minimum absolute atomic E-state index is 0.0959. The van der Waals surface area contributed by atoms with E-state index in [1.165, 1.54) is 0 Å². The molecule has 0 atom stereocenters. The lowest BCUT2D eigenvalue weighted by Gasteiger charge is -2.35. The Morgan fingerprint density at radius 1 is 1.47 bits per heavy atom. The summed E-state index contributed by atoms with van der Waals surface area (Å²) in [5, 5.41) is 13.5. The van der Waals surface area contributed by atoms with E-state index in [9.17, 15) is 9.90 Å². The van der Waals surface area contributed by atoms with E-state index in [0.29, 0.717) is 18.8 Å². The average Bonchev–Trinajstić information content (AvgIpc) is 2.54. The predicted octanol–water partition coefficient (Wildman–Crippen LogP) is 0.763. The van der Waals surface area contributed by atoms with Crippen molar-refractivity contribution in [1.29, 1.82) is 0 Å². The highest BCUT2D eigenvalue weighted by molar-refractivity contribution is 5.93. The molecule has 0 spiro atoms. The van der Waals surface area contributed by atoms with Gasteiger partial charge in [0.15, 0.2) is 5.69 Å². The molecule has 1 aliphatic heterocycles. The lowest BCUT2D eigenvalue weighted by atomic mass is 10.1. The highest BCUT2D eigenvalue weighted by Crippen LogP contribution is 2.19. The van der Waals surface area contributed by atoms with Crippen molar-refractivity contribution >= 4 is 5.91 Å². The van der Waals surface area contributed by atoms with Crippen molar-refractivity contribution in [2.24, 2.45) is 0 Å². The molecule has 1 N–H and O–H groups in total. The number of amides is 1. The Kier molecular flexibility index (Phi) is 2.73. The molecule has 1 fully saturated rings. The van der Waals surface area contributed by atoms with Crippen LogP contribution in [-0.2, 0) is 5.54 Å². The zero-order valence-corrected chi connectivity index (χ0v) is 10.8. The van der Waals surface area contributed by atoms with Crippen molar-refractivity contribution in [3.05, 3.63) is 17.5 Å². The number of aliphatic hydroxyl groups excluding tert-OH is 1. The molecule has 17 heavy (non-hydrogen) atoms.